The third kappa shape index (κ3) is 11.5. The van der Waals surface area contributed by atoms with Gasteiger partial charge >= 0.3 is 0 Å². The Morgan fingerprint density at radius 2 is 1.59 bits per heavy atom. The molecule has 1 aromatic rings. The molecule has 0 fully saturated rings. The van der Waals surface area contributed by atoms with Gasteiger partial charge in [0.15, 0.2) is 0 Å². The van der Waals surface area contributed by atoms with Crippen LogP contribution in [0, 0.1) is 17.8 Å². The molecule has 0 saturated heterocycles. The van der Waals surface area contributed by atoms with Crippen LogP contribution in [0.1, 0.15) is 79.2 Å². The molecular weight excluding hydrogens is 462 g/mol. The molecule has 1 rings (SSSR count). The Balaban J connectivity index is 3.15. The normalized spacial score (nSPS) is 14.7. The average Bonchev–Trinajstić information content (AvgIpc) is 2.89. The van der Waals surface area contributed by atoms with E-state index in [1.807, 2.05) is 30.3 Å². The zero-order valence-corrected chi connectivity index (χ0v) is 24.5. The van der Waals surface area contributed by atoms with Gasteiger partial charge in [-0.15, -0.1) is 0 Å². The Labute approximate surface area is 225 Å². The van der Waals surface area contributed by atoms with Gasteiger partial charge in [-0.2, -0.15) is 0 Å². The summed E-state index contributed by atoms with van der Waals surface area (Å²) in [5.74, 6) is 0.513. The van der Waals surface area contributed by atoms with Gasteiger partial charge in [-0.1, -0.05) is 90.4 Å². The summed E-state index contributed by atoms with van der Waals surface area (Å²) in [5, 5.41) is 3.04. The fraction of sp³-hybridized carbons (Fsp3) is 0.645. The molecule has 6 heteroatoms. The maximum atomic E-state index is 13.9. The predicted molar refractivity (Wildman–Crippen MR) is 153 cm³/mol. The zero-order chi connectivity index (χ0) is 28.0. The topological polar surface area (TPSA) is 69.7 Å². The second kappa shape index (κ2) is 17.0. The minimum Gasteiger partial charge on any atom is -0.354 e. The first-order valence-corrected chi connectivity index (χ1v) is 14.0. The highest BCUT2D eigenvalue weighted by molar-refractivity contribution is 5.92. The quantitative estimate of drug-likeness (QED) is 0.298. The Kier molecular flexibility index (Phi) is 14.9. The van der Waals surface area contributed by atoms with Crippen LogP contribution in [0.4, 0.5) is 0 Å². The van der Waals surface area contributed by atoms with Crippen molar-refractivity contribution in [2.45, 2.75) is 92.2 Å². The van der Waals surface area contributed by atoms with Gasteiger partial charge < -0.3 is 15.1 Å². The van der Waals surface area contributed by atoms with Crippen LogP contribution in [-0.2, 0) is 20.8 Å². The fourth-order valence-corrected chi connectivity index (χ4v) is 4.21. The van der Waals surface area contributed by atoms with Gasteiger partial charge in [0.25, 0.3) is 0 Å². The first-order chi connectivity index (χ1) is 17.5. The Morgan fingerprint density at radius 3 is 2.16 bits per heavy atom. The summed E-state index contributed by atoms with van der Waals surface area (Å²) in [6.45, 7) is 13.1. The number of hydrogen-bond acceptors (Lipinski definition) is 3. The monoisotopic (exact) mass is 513 g/mol. The first-order valence-electron chi connectivity index (χ1n) is 14.0. The lowest BCUT2D eigenvalue weighted by atomic mass is 9.98. The van der Waals surface area contributed by atoms with E-state index in [-0.39, 0.29) is 23.6 Å². The van der Waals surface area contributed by atoms with Crippen molar-refractivity contribution in [1.82, 2.24) is 15.1 Å². The summed E-state index contributed by atoms with van der Waals surface area (Å²) in [4.78, 5) is 43.5. The number of carbonyl (C=O) groups excluding carboxylic acids is 3. The average molecular weight is 514 g/mol. The zero-order valence-electron chi connectivity index (χ0n) is 24.5. The number of rotatable bonds is 16. The lowest BCUT2D eigenvalue weighted by Crippen LogP contribution is -2.56. The van der Waals surface area contributed by atoms with Crippen molar-refractivity contribution in [3.63, 3.8) is 0 Å². The van der Waals surface area contributed by atoms with Crippen molar-refractivity contribution < 1.29 is 14.4 Å². The molecule has 0 aliphatic heterocycles. The van der Waals surface area contributed by atoms with Gasteiger partial charge in [0, 0.05) is 33.5 Å². The van der Waals surface area contributed by atoms with Crippen LogP contribution in [0.2, 0.25) is 0 Å². The number of amides is 3. The molecule has 37 heavy (non-hydrogen) atoms. The highest BCUT2D eigenvalue weighted by Crippen LogP contribution is 2.18. The largest absolute Gasteiger partial charge is 0.354 e. The lowest BCUT2D eigenvalue weighted by Gasteiger charge is -2.35. The summed E-state index contributed by atoms with van der Waals surface area (Å²) in [6.07, 6.45) is 8.28. The van der Waals surface area contributed by atoms with Gasteiger partial charge in [0.2, 0.25) is 17.7 Å². The molecule has 4 atom stereocenters. The maximum Gasteiger partial charge on any atom is 0.246 e. The third-order valence-electron chi connectivity index (χ3n) is 7.07. The van der Waals surface area contributed by atoms with Crippen molar-refractivity contribution in [2.24, 2.45) is 17.8 Å². The van der Waals surface area contributed by atoms with E-state index in [2.05, 4.69) is 59.0 Å². The second-order valence-electron chi connectivity index (χ2n) is 10.9. The molecule has 0 spiro atoms. The molecule has 3 amide bonds. The van der Waals surface area contributed by atoms with E-state index < -0.39 is 12.1 Å². The predicted octanol–water partition coefficient (Wildman–Crippen LogP) is 5.47. The van der Waals surface area contributed by atoms with E-state index >= 15 is 0 Å². The maximum absolute atomic E-state index is 13.9. The molecule has 0 unspecified atom stereocenters. The number of allylic oxidation sites excluding steroid dienone is 2. The van der Waals surface area contributed by atoms with Gasteiger partial charge in [-0.3, -0.25) is 14.4 Å². The van der Waals surface area contributed by atoms with E-state index in [1.165, 1.54) is 0 Å². The minimum absolute atomic E-state index is 0.0546. The van der Waals surface area contributed by atoms with Crippen LogP contribution >= 0.6 is 0 Å². The van der Waals surface area contributed by atoms with E-state index in [4.69, 9.17) is 0 Å². The second-order valence-corrected chi connectivity index (χ2v) is 10.9. The van der Waals surface area contributed by atoms with E-state index in [0.29, 0.717) is 37.6 Å². The molecular formula is C31H51N3O3. The summed E-state index contributed by atoms with van der Waals surface area (Å²) < 4.78 is 0. The molecule has 6 nitrogen and oxygen atoms in total. The molecule has 0 saturated carbocycles. The van der Waals surface area contributed by atoms with Crippen molar-refractivity contribution in [2.75, 3.05) is 20.6 Å². The Bertz CT molecular complexity index is 853. The lowest BCUT2D eigenvalue weighted by molar-refractivity contribution is -0.148. The number of carbonyl (C=O) groups is 3. The molecule has 1 aromatic carbocycles. The van der Waals surface area contributed by atoms with Crippen molar-refractivity contribution >= 4 is 17.7 Å². The van der Waals surface area contributed by atoms with Crippen LogP contribution in [0.3, 0.4) is 0 Å². The molecule has 0 bridgehead atoms. The fourth-order valence-electron chi connectivity index (χ4n) is 4.21. The molecule has 0 aliphatic rings. The molecule has 0 heterocycles. The van der Waals surface area contributed by atoms with E-state index in [0.717, 1.165) is 24.8 Å². The van der Waals surface area contributed by atoms with Crippen molar-refractivity contribution in [1.29, 1.82) is 0 Å². The summed E-state index contributed by atoms with van der Waals surface area (Å²) in [7, 11) is 3.42. The number of likely N-dealkylation sites (N-methyl/N-ethyl adjacent to an activating group) is 2. The van der Waals surface area contributed by atoms with E-state index in [9.17, 15) is 14.4 Å². The van der Waals surface area contributed by atoms with Crippen LogP contribution < -0.4 is 5.32 Å². The van der Waals surface area contributed by atoms with Gasteiger partial charge in [-0.05, 0) is 42.6 Å². The summed E-state index contributed by atoms with van der Waals surface area (Å²) in [5.41, 5.74) is 0.981. The highest BCUT2D eigenvalue weighted by Gasteiger charge is 2.35. The van der Waals surface area contributed by atoms with Crippen LogP contribution in [0.25, 0.3) is 0 Å². The first kappa shape index (κ1) is 32.4. The van der Waals surface area contributed by atoms with Gasteiger partial charge in [0.05, 0.1) is 0 Å². The van der Waals surface area contributed by atoms with Crippen molar-refractivity contribution in [3.05, 3.63) is 48.0 Å². The molecule has 0 radical (unpaired) electrons. The summed E-state index contributed by atoms with van der Waals surface area (Å²) in [6, 6.07) is 8.49. The summed E-state index contributed by atoms with van der Waals surface area (Å²) >= 11 is 0. The van der Waals surface area contributed by atoms with Gasteiger partial charge in [-0.25, -0.2) is 0 Å². The Hall–Kier alpha value is -2.63. The van der Waals surface area contributed by atoms with Crippen LogP contribution in [0.5, 0.6) is 0 Å². The number of nitrogens with zero attached hydrogens (tertiary/aromatic N) is 2. The highest BCUT2D eigenvalue weighted by atomic mass is 16.2. The SMILES string of the molecule is CC/C=C\[C@@H](C)CCC(=O)N(C)[C@@H](Cc1ccccc1)C(=O)N(C)[C@@H](CC(C)C)C(=O)NC[C@@H](C)CC. The molecule has 1 N–H and O–H groups in total. The standard InChI is InChI=1S/C31H51N3O3/c1-9-11-15-25(6)18-19-29(35)33(7)28(21-26-16-13-12-14-17-26)31(37)34(8)27(20-23(3)4)30(36)32-22-24(5)10-2/h11-17,23-25,27-28H,9-10,18-22H2,1-8H3,(H,32,36)/b15-11-/t24-,25+,27-,28-/m0/s1. The smallest absolute Gasteiger partial charge is 0.246 e. The van der Waals surface area contributed by atoms with E-state index in [1.54, 1.807) is 23.9 Å². The van der Waals surface area contributed by atoms with Gasteiger partial charge in [0.1, 0.15) is 12.1 Å². The number of benzene rings is 1. The minimum atomic E-state index is -0.682. The van der Waals surface area contributed by atoms with Crippen LogP contribution in [0.15, 0.2) is 42.5 Å². The van der Waals surface area contributed by atoms with Crippen molar-refractivity contribution in [3.8, 4) is 0 Å². The third-order valence-corrected chi connectivity index (χ3v) is 7.07. The molecule has 208 valence electrons. The number of hydrogen-bond donors (Lipinski definition) is 1. The number of nitrogens with one attached hydrogen (secondary N) is 1. The molecule has 0 aromatic heterocycles. The Morgan fingerprint density at radius 1 is 0.946 bits per heavy atom. The van der Waals surface area contributed by atoms with Crippen LogP contribution in [-0.4, -0.2) is 60.2 Å². The molecule has 0 aliphatic carbocycles.